The van der Waals surface area contributed by atoms with Gasteiger partial charge in [0, 0.05) is 19.8 Å². The van der Waals surface area contributed by atoms with E-state index in [9.17, 15) is 0 Å². The molecule has 2 aromatic carbocycles. The van der Waals surface area contributed by atoms with Crippen molar-refractivity contribution in [2.45, 2.75) is 13.0 Å². The van der Waals surface area contributed by atoms with Gasteiger partial charge in [-0.3, -0.25) is 0 Å². The van der Waals surface area contributed by atoms with Crippen molar-refractivity contribution in [3.8, 4) is 5.75 Å². The maximum atomic E-state index is 6.31. The molecule has 0 saturated heterocycles. The third-order valence-corrected chi connectivity index (χ3v) is 3.32. The first kappa shape index (κ1) is 14.4. The Morgan fingerprint density at radius 2 is 1.45 bits per heavy atom. The molecule has 2 rings (SSSR count). The van der Waals surface area contributed by atoms with E-state index in [1.165, 1.54) is 5.69 Å². The van der Waals surface area contributed by atoms with Crippen LogP contribution in [-0.2, 0) is 0 Å². The van der Waals surface area contributed by atoms with Crippen LogP contribution in [0.3, 0.4) is 0 Å². The van der Waals surface area contributed by atoms with E-state index in [0.717, 1.165) is 16.9 Å². The van der Waals surface area contributed by atoms with Crippen LogP contribution in [0.15, 0.2) is 48.5 Å². The van der Waals surface area contributed by atoms with Crippen LogP contribution in [0.2, 0.25) is 0 Å². The van der Waals surface area contributed by atoms with Gasteiger partial charge in [-0.1, -0.05) is 24.3 Å². The first-order valence-electron chi connectivity index (χ1n) is 6.87. The minimum atomic E-state index is -0.109. The van der Waals surface area contributed by atoms with Crippen LogP contribution in [0.1, 0.15) is 24.1 Å². The van der Waals surface area contributed by atoms with E-state index in [-0.39, 0.29) is 6.04 Å². The lowest BCUT2D eigenvalue weighted by Gasteiger charge is -2.16. The maximum Gasteiger partial charge on any atom is 0.119 e. The molecule has 0 radical (unpaired) electrons. The van der Waals surface area contributed by atoms with Gasteiger partial charge >= 0.3 is 0 Å². The third kappa shape index (κ3) is 3.31. The van der Waals surface area contributed by atoms with E-state index in [2.05, 4.69) is 29.2 Å². The van der Waals surface area contributed by atoms with E-state index < -0.39 is 0 Å². The molecule has 0 aliphatic rings. The summed E-state index contributed by atoms with van der Waals surface area (Å²) in [6, 6.07) is 16.2. The van der Waals surface area contributed by atoms with Crippen LogP contribution in [0.25, 0.3) is 0 Å². The minimum absolute atomic E-state index is 0.109. The molecule has 0 aliphatic carbocycles. The van der Waals surface area contributed by atoms with Gasteiger partial charge in [-0.25, -0.2) is 0 Å². The van der Waals surface area contributed by atoms with E-state index >= 15 is 0 Å². The zero-order valence-electron chi connectivity index (χ0n) is 12.3. The Morgan fingerprint density at radius 3 is 1.90 bits per heavy atom. The number of hydrogen-bond donors (Lipinski definition) is 1. The summed E-state index contributed by atoms with van der Waals surface area (Å²) in [4.78, 5) is 2.08. The van der Waals surface area contributed by atoms with Gasteiger partial charge in [0.25, 0.3) is 0 Å². The number of ether oxygens (including phenoxy) is 1. The average Bonchev–Trinajstić information content (AvgIpc) is 2.48. The predicted molar refractivity (Wildman–Crippen MR) is 84.4 cm³/mol. The molecular formula is C17H22N2O. The van der Waals surface area contributed by atoms with Gasteiger partial charge in [0.15, 0.2) is 0 Å². The number of rotatable bonds is 5. The lowest BCUT2D eigenvalue weighted by atomic mass is 9.99. The Bertz CT molecular complexity index is 532. The zero-order chi connectivity index (χ0) is 14.5. The van der Waals surface area contributed by atoms with Crippen molar-refractivity contribution in [1.29, 1.82) is 0 Å². The molecule has 0 heterocycles. The highest BCUT2D eigenvalue weighted by Crippen LogP contribution is 2.23. The smallest absolute Gasteiger partial charge is 0.119 e. The molecule has 3 heteroatoms. The van der Waals surface area contributed by atoms with Crippen LogP contribution in [0.5, 0.6) is 5.75 Å². The van der Waals surface area contributed by atoms with Crippen molar-refractivity contribution < 1.29 is 4.74 Å². The molecule has 1 unspecified atom stereocenters. The second-order valence-electron chi connectivity index (χ2n) is 4.97. The summed E-state index contributed by atoms with van der Waals surface area (Å²) in [5.41, 5.74) is 9.69. The van der Waals surface area contributed by atoms with Gasteiger partial charge in [0.05, 0.1) is 12.6 Å². The minimum Gasteiger partial charge on any atom is -0.494 e. The molecule has 106 valence electrons. The second kappa shape index (κ2) is 6.44. The molecule has 3 nitrogen and oxygen atoms in total. The Morgan fingerprint density at radius 1 is 0.950 bits per heavy atom. The molecule has 2 N–H and O–H groups in total. The molecule has 0 bridgehead atoms. The molecular weight excluding hydrogens is 248 g/mol. The topological polar surface area (TPSA) is 38.5 Å². The van der Waals surface area contributed by atoms with Crippen LogP contribution < -0.4 is 15.4 Å². The van der Waals surface area contributed by atoms with Crippen molar-refractivity contribution in [3.63, 3.8) is 0 Å². The summed E-state index contributed by atoms with van der Waals surface area (Å²) in [5, 5.41) is 0. The highest BCUT2D eigenvalue weighted by atomic mass is 16.5. The van der Waals surface area contributed by atoms with Gasteiger partial charge in [0.2, 0.25) is 0 Å². The van der Waals surface area contributed by atoms with Crippen molar-refractivity contribution in [2.75, 3.05) is 25.6 Å². The monoisotopic (exact) mass is 270 g/mol. The first-order valence-corrected chi connectivity index (χ1v) is 6.87. The summed E-state index contributed by atoms with van der Waals surface area (Å²) >= 11 is 0. The quantitative estimate of drug-likeness (QED) is 0.906. The predicted octanol–water partition coefficient (Wildman–Crippen LogP) is 3.20. The molecule has 1 atom stereocenters. The van der Waals surface area contributed by atoms with Crippen LogP contribution >= 0.6 is 0 Å². The normalized spacial score (nSPS) is 12.0. The van der Waals surface area contributed by atoms with Gasteiger partial charge in [-0.15, -0.1) is 0 Å². The van der Waals surface area contributed by atoms with E-state index in [4.69, 9.17) is 10.5 Å². The zero-order valence-corrected chi connectivity index (χ0v) is 12.3. The number of hydrogen-bond acceptors (Lipinski definition) is 3. The first-order chi connectivity index (χ1) is 9.61. The Hall–Kier alpha value is -2.00. The second-order valence-corrected chi connectivity index (χ2v) is 4.97. The van der Waals surface area contributed by atoms with Crippen molar-refractivity contribution in [2.24, 2.45) is 5.73 Å². The largest absolute Gasteiger partial charge is 0.494 e. The van der Waals surface area contributed by atoms with E-state index in [1.807, 2.05) is 45.3 Å². The van der Waals surface area contributed by atoms with Crippen LogP contribution in [0, 0.1) is 0 Å². The summed E-state index contributed by atoms with van der Waals surface area (Å²) < 4.78 is 5.44. The number of nitrogens with zero attached hydrogens (tertiary/aromatic N) is 1. The molecule has 0 saturated carbocycles. The van der Waals surface area contributed by atoms with Crippen LogP contribution in [-0.4, -0.2) is 20.7 Å². The SMILES string of the molecule is CCOc1ccc(C(N)c2ccc(N(C)C)cc2)cc1. The highest BCUT2D eigenvalue weighted by Gasteiger charge is 2.09. The van der Waals surface area contributed by atoms with Crippen molar-refractivity contribution in [1.82, 2.24) is 0 Å². The molecule has 20 heavy (non-hydrogen) atoms. The number of nitrogens with two attached hydrogens (primary N) is 1. The number of benzene rings is 2. The summed E-state index contributed by atoms with van der Waals surface area (Å²) in [7, 11) is 4.06. The molecule has 0 fully saturated rings. The Balaban J connectivity index is 2.15. The van der Waals surface area contributed by atoms with Crippen molar-refractivity contribution >= 4 is 5.69 Å². The molecule has 0 spiro atoms. The standard InChI is InChI=1S/C17H22N2O/c1-4-20-16-11-7-14(8-12-16)17(18)13-5-9-15(10-6-13)19(2)3/h5-12,17H,4,18H2,1-3H3. The highest BCUT2D eigenvalue weighted by molar-refractivity contribution is 5.47. The summed E-state index contributed by atoms with van der Waals surface area (Å²) in [6.07, 6.45) is 0. The van der Waals surface area contributed by atoms with Gasteiger partial charge in [-0.2, -0.15) is 0 Å². The molecule has 0 aromatic heterocycles. The third-order valence-electron chi connectivity index (χ3n) is 3.32. The van der Waals surface area contributed by atoms with Crippen LogP contribution in [0.4, 0.5) is 5.69 Å². The summed E-state index contributed by atoms with van der Waals surface area (Å²) in [6.45, 7) is 2.66. The molecule has 0 aliphatic heterocycles. The lowest BCUT2D eigenvalue weighted by Crippen LogP contribution is -2.13. The lowest BCUT2D eigenvalue weighted by molar-refractivity contribution is 0.340. The summed E-state index contributed by atoms with van der Waals surface area (Å²) in [5.74, 6) is 0.881. The van der Waals surface area contributed by atoms with E-state index in [1.54, 1.807) is 0 Å². The van der Waals surface area contributed by atoms with Gasteiger partial charge in [-0.05, 0) is 42.3 Å². The van der Waals surface area contributed by atoms with Gasteiger partial charge in [0.1, 0.15) is 5.75 Å². The average molecular weight is 270 g/mol. The fourth-order valence-electron chi connectivity index (χ4n) is 2.11. The fraction of sp³-hybridized carbons (Fsp3) is 0.294. The Labute approximate surface area is 121 Å². The maximum absolute atomic E-state index is 6.31. The molecule has 0 amide bonds. The molecule has 2 aromatic rings. The Kier molecular flexibility index (Phi) is 4.64. The van der Waals surface area contributed by atoms with Crippen molar-refractivity contribution in [3.05, 3.63) is 59.7 Å². The number of anilines is 1. The fourth-order valence-corrected chi connectivity index (χ4v) is 2.11. The van der Waals surface area contributed by atoms with E-state index in [0.29, 0.717) is 6.61 Å². The van der Waals surface area contributed by atoms with Gasteiger partial charge < -0.3 is 15.4 Å².